The van der Waals surface area contributed by atoms with Crippen molar-refractivity contribution in [2.45, 2.75) is 19.4 Å². The molecule has 2 rings (SSSR count). The minimum Gasteiger partial charge on any atom is -0.507 e. The van der Waals surface area contributed by atoms with E-state index in [0.29, 0.717) is 12.0 Å². The molecule has 1 heterocycles. The lowest BCUT2D eigenvalue weighted by Crippen LogP contribution is -2.24. The summed E-state index contributed by atoms with van der Waals surface area (Å²) < 4.78 is 4.99. The second kappa shape index (κ2) is 2.76. The number of benzene rings is 1. The maximum absolute atomic E-state index is 11.3. The minimum absolute atomic E-state index is 0.00870. The lowest BCUT2D eigenvalue weighted by molar-refractivity contribution is 0.0297. The third-order valence-electron chi connectivity index (χ3n) is 2.15. The summed E-state index contributed by atoms with van der Waals surface area (Å²) in [4.78, 5) is 11.3. The van der Waals surface area contributed by atoms with Crippen molar-refractivity contribution in [3.05, 3.63) is 29.3 Å². The molecule has 0 spiro atoms. The summed E-state index contributed by atoms with van der Waals surface area (Å²) >= 11 is 0. The summed E-state index contributed by atoms with van der Waals surface area (Å²) in [5.74, 6) is -0.416. The first-order chi connectivity index (χ1) is 6.18. The van der Waals surface area contributed by atoms with Crippen molar-refractivity contribution >= 4 is 5.97 Å². The number of ether oxygens (including phenoxy) is 1. The summed E-state index contributed by atoms with van der Waals surface area (Å²) in [5, 5.41) is 9.41. The van der Waals surface area contributed by atoms with Crippen LogP contribution in [0.5, 0.6) is 5.75 Å². The zero-order valence-corrected chi connectivity index (χ0v) is 7.28. The average molecular weight is 178 g/mol. The van der Waals surface area contributed by atoms with Crippen molar-refractivity contribution in [1.82, 2.24) is 0 Å². The van der Waals surface area contributed by atoms with E-state index in [1.165, 1.54) is 6.07 Å². The van der Waals surface area contributed by atoms with Gasteiger partial charge >= 0.3 is 5.97 Å². The van der Waals surface area contributed by atoms with E-state index >= 15 is 0 Å². The molecule has 1 aliphatic heterocycles. The Morgan fingerprint density at radius 3 is 3.08 bits per heavy atom. The molecule has 0 bridgehead atoms. The number of phenolic OH excluding ortho intramolecular Hbond substituents is 1. The number of cyclic esters (lactones) is 1. The van der Waals surface area contributed by atoms with Gasteiger partial charge in [-0.3, -0.25) is 0 Å². The number of esters is 1. The zero-order chi connectivity index (χ0) is 9.42. The molecule has 1 aromatic rings. The molecule has 0 saturated carbocycles. The highest BCUT2D eigenvalue weighted by Crippen LogP contribution is 2.27. The Kier molecular flexibility index (Phi) is 1.72. The fraction of sp³-hybridized carbons (Fsp3) is 0.300. The molecular formula is C10H10O3. The van der Waals surface area contributed by atoms with Crippen LogP contribution < -0.4 is 0 Å². The van der Waals surface area contributed by atoms with Gasteiger partial charge in [-0.2, -0.15) is 0 Å². The fourth-order valence-corrected chi connectivity index (χ4v) is 1.59. The van der Waals surface area contributed by atoms with Crippen LogP contribution in [0.1, 0.15) is 22.8 Å². The first-order valence-electron chi connectivity index (χ1n) is 4.20. The molecular weight excluding hydrogens is 168 g/mol. The van der Waals surface area contributed by atoms with Crippen molar-refractivity contribution in [3.8, 4) is 5.75 Å². The number of hydrogen-bond acceptors (Lipinski definition) is 3. The largest absolute Gasteiger partial charge is 0.507 e. The van der Waals surface area contributed by atoms with Crippen LogP contribution in [0.15, 0.2) is 18.2 Å². The molecule has 0 unspecified atom stereocenters. The first-order valence-corrected chi connectivity index (χ1v) is 4.20. The van der Waals surface area contributed by atoms with Crippen molar-refractivity contribution in [1.29, 1.82) is 0 Å². The van der Waals surface area contributed by atoms with Gasteiger partial charge in [-0.25, -0.2) is 4.79 Å². The minimum atomic E-state index is -0.424. The molecule has 1 aliphatic rings. The number of rotatable bonds is 0. The van der Waals surface area contributed by atoms with Crippen LogP contribution in [0.4, 0.5) is 0 Å². The summed E-state index contributed by atoms with van der Waals surface area (Å²) in [6.07, 6.45) is 0.581. The van der Waals surface area contributed by atoms with Gasteiger partial charge in [0.2, 0.25) is 0 Å². The van der Waals surface area contributed by atoms with Gasteiger partial charge in [0.05, 0.1) is 0 Å². The maximum Gasteiger partial charge on any atom is 0.342 e. The Bertz CT molecular complexity index is 357. The van der Waals surface area contributed by atoms with Crippen molar-refractivity contribution < 1.29 is 14.6 Å². The lowest BCUT2D eigenvalue weighted by atomic mass is 9.98. The monoisotopic (exact) mass is 178 g/mol. The Balaban J connectivity index is 2.55. The normalized spacial score (nSPS) is 20.7. The second-order valence-corrected chi connectivity index (χ2v) is 3.23. The molecule has 1 aromatic carbocycles. The number of hydrogen-bond donors (Lipinski definition) is 1. The highest BCUT2D eigenvalue weighted by atomic mass is 16.5. The van der Waals surface area contributed by atoms with Gasteiger partial charge < -0.3 is 9.84 Å². The van der Waals surface area contributed by atoms with Crippen LogP contribution in [0.3, 0.4) is 0 Å². The summed E-state index contributed by atoms with van der Waals surface area (Å²) in [6, 6.07) is 5.07. The van der Waals surface area contributed by atoms with Gasteiger partial charge in [-0.05, 0) is 18.6 Å². The summed E-state index contributed by atoms with van der Waals surface area (Å²) in [5.41, 5.74) is 1.18. The van der Waals surface area contributed by atoms with Crippen molar-refractivity contribution in [2.75, 3.05) is 0 Å². The smallest absolute Gasteiger partial charge is 0.342 e. The van der Waals surface area contributed by atoms with E-state index < -0.39 is 5.97 Å². The molecule has 0 aliphatic carbocycles. The Morgan fingerprint density at radius 2 is 2.31 bits per heavy atom. The van der Waals surface area contributed by atoms with Crippen LogP contribution in [-0.2, 0) is 11.2 Å². The van der Waals surface area contributed by atoms with E-state index in [1.807, 2.05) is 13.0 Å². The molecule has 0 amide bonds. The SMILES string of the molecule is C[C@H]1Cc2cccc(O)c2C(=O)O1. The number of carbonyl (C=O) groups excluding carboxylic acids is 1. The fourth-order valence-electron chi connectivity index (χ4n) is 1.59. The molecule has 0 aromatic heterocycles. The third-order valence-corrected chi connectivity index (χ3v) is 2.15. The van der Waals surface area contributed by atoms with E-state index in [-0.39, 0.29) is 11.9 Å². The molecule has 0 fully saturated rings. The Hall–Kier alpha value is -1.51. The zero-order valence-electron chi connectivity index (χ0n) is 7.28. The van der Waals surface area contributed by atoms with Crippen molar-refractivity contribution in [3.63, 3.8) is 0 Å². The highest BCUT2D eigenvalue weighted by Gasteiger charge is 2.25. The van der Waals surface area contributed by atoms with E-state index in [9.17, 15) is 9.90 Å². The maximum atomic E-state index is 11.3. The highest BCUT2D eigenvalue weighted by molar-refractivity contribution is 5.95. The van der Waals surface area contributed by atoms with Crippen LogP contribution >= 0.6 is 0 Å². The summed E-state index contributed by atoms with van der Waals surface area (Å²) in [7, 11) is 0. The van der Waals surface area contributed by atoms with Crippen LogP contribution in [0.2, 0.25) is 0 Å². The van der Waals surface area contributed by atoms with Gasteiger partial charge in [0.1, 0.15) is 17.4 Å². The van der Waals surface area contributed by atoms with E-state index in [2.05, 4.69) is 0 Å². The predicted molar refractivity (Wildman–Crippen MR) is 46.7 cm³/mol. The quantitative estimate of drug-likeness (QED) is 0.612. The molecule has 68 valence electrons. The van der Waals surface area contributed by atoms with Gasteiger partial charge in [-0.1, -0.05) is 12.1 Å². The molecule has 1 atom stereocenters. The third kappa shape index (κ3) is 1.26. The van der Waals surface area contributed by atoms with Gasteiger partial charge in [0.25, 0.3) is 0 Å². The topological polar surface area (TPSA) is 46.5 Å². The van der Waals surface area contributed by atoms with Crippen LogP contribution in [0, 0.1) is 0 Å². The molecule has 3 heteroatoms. The molecule has 0 radical (unpaired) electrons. The second-order valence-electron chi connectivity index (χ2n) is 3.23. The molecule has 1 N–H and O–H groups in total. The van der Waals surface area contributed by atoms with Gasteiger partial charge in [-0.15, -0.1) is 0 Å². The Morgan fingerprint density at radius 1 is 1.54 bits per heavy atom. The van der Waals surface area contributed by atoms with E-state index in [1.54, 1.807) is 6.07 Å². The number of carbonyl (C=O) groups is 1. The summed E-state index contributed by atoms with van der Waals surface area (Å²) in [6.45, 7) is 1.84. The molecule has 3 nitrogen and oxygen atoms in total. The Labute approximate surface area is 76.0 Å². The first kappa shape index (κ1) is 8.10. The van der Waals surface area contributed by atoms with Gasteiger partial charge in [0, 0.05) is 6.42 Å². The standard InChI is InChI=1S/C10H10O3/c1-6-5-7-3-2-4-8(11)9(7)10(12)13-6/h2-4,6,11H,5H2,1H3/t6-/m0/s1. The predicted octanol–water partition coefficient (Wildman–Crippen LogP) is 1.49. The van der Waals surface area contributed by atoms with Crippen LogP contribution in [0.25, 0.3) is 0 Å². The number of fused-ring (bicyclic) bond motifs is 1. The number of phenols is 1. The van der Waals surface area contributed by atoms with Gasteiger partial charge in [0.15, 0.2) is 0 Å². The van der Waals surface area contributed by atoms with Crippen molar-refractivity contribution in [2.24, 2.45) is 0 Å². The van der Waals surface area contributed by atoms with Crippen LogP contribution in [-0.4, -0.2) is 17.2 Å². The number of aromatic hydroxyl groups is 1. The average Bonchev–Trinajstić information content (AvgIpc) is 2.02. The molecule has 0 saturated heterocycles. The lowest BCUT2D eigenvalue weighted by Gasteiger charge is -2.21. The van der Waals surface area contributed by atoms with E-state index in [0.717, 1.165) is 5.56 Å². The molecule has 13 heavy (non-hydrogen) atoms. The van der Waals surface area contributed by atoms with E-state index in [4.69, 9.17) is 4.74 Å².